The highest BCUT2D eigenvalue weighted by molar-refractivity contribution is 5.49. The summed E-state index contributed by atoms with van der Waals surface area (Å²) in [4.78, 5) is 2.51. The van der Waals surface area contributed by atoms with Gasteiger partial charge in [0.05, 0.1) is 6.61 Å². The van der Waals surface area contributed by atoms with Gasteiger partial charge in [-0.15, -0.1) is 0 Å². The normalized spacial score (nSPS) is 17.5. The molecule has 1 aliphatic rings. The van der Waals surface area contributed by atoms with Gasteiger partial charge in [-0.2, -0.15) is 0 Å². The summed E-state index contributed by atoms with van der Waals surface area (Å²) >= 11 is 0. The molecule has 0 aromatic heterocycles. The standard InChI is InChI=1S/C20H33NO2/c1-6-23-19-16(13-15(2)14-17(19)20(3,4)5)18(9-12-22)21-10-7-8-11-21/h13-14,18,22H,6-12H2,1-5H3. The molecule has 1 unspecified atom stereocenters. The van der Waals surface area contributed by atoms with Gasteiger partial charge >= 0.3 is 0 Å². The molecule has 0 saturated carbocycles. The van der Waals surface area contributed by atoms with Crippen LogP contribution < -0.4 is 4.74 Å². The Morgan fingerprint density at radius 2 is 1.87 bits per heavy atom. The van der Waals surface area contributed by atoms with E-state index in [4.69, 9.17) is 4.74 Å². The Hall–Kier alpha value is -1.06. The van der Waals surface area contributed by atoms with Crippen molar-refractivity contribution in [3.8, 4) is 5.75 Å². The van der Waals surface area contributed by atoms with Crippen molar-refractivity contribution in [3.05, 3.63) is 28.8 Å². The van der Waals surface area contributed by atoms with Gasteiger partial charge in [-0.25, -0.2) is 0 Å². The zero-order chi connectivity index (χ0) is 17.0. The largest absolute Gasteiger partial charge is 0.493 e. The van der Waals surface area contributed by atoms with Crippen LogP contribution in [-0.4, -0.2) is 36.3 Å². The van der Waals surface area contributed by atoms with Crippen LogP contribution >= 0.6 is 0 Å². The fraction of sp³-hybridized carbons (Fsp3) is 0.700. The Morgan fingerprint density at radius 1 is 1.22 bits per heavy atom. The molecule has 0 radical (unpaired) electrons. The molecular formula is C20H33NO2. The lowest BCUT2D eigenvalue weighted by atomic mass is 9.82. The molecule has 0 bridgehead atoms. The number of hydrogen-bond donors (Lipinski definition) is 1. The van der Waals surface area contributed by atoms with Gasteiger partial charge in [-0.1, -0.05) is 38.5 Å². The maximum atomic E-state index is 9.61. The van der Waals surface area contributed by atoms with E-state index in [0.29, 0.717) is 6.61 Å². The number of hydrogen-bond acceptors (Lipinski definition) is 3. The van der Waals surface area contributed by atoms with Crippen LogP contribution in [0.5, 0.6) is 5.75 Å². The highest BCUT2D eigenvalue weighted by Crippen LogP contribution is 2.41. The van der Waals surface area contributed by atoms with Crippen molar-refractivity contribution in [2.75, 3.05) is 26.3 Å². The van der Waals surface area contributed by atoms with Gasteiger partial charge < -0.3 is 9.84 Å². The van der Waals surface area contributed by atoms with E-state index < -0.39 is 0 Å². The highest BCUT2D eigenvalue weighted by Gasteiger charge is 2.29. The third kappa shape index (κ3) is 4.27. The number of benzene rings is 1. The number of rotatable bonds is 6. The molecule has 1 heterocycles. The molecule has 1 aromatic rings. The monoisotopic (exact) mass is 319 g/mol. The van der Waals surface area contributed by atoms with Crippen LogP contribution in [0.4, 0.5) is 0 Å². The lowest BCUT2D eigenvalue weighted by Crippen LogP contribution is -2.28. The summed E-state index contributed by atoms with van der Waals surface area (Å²) in [5.74, 6) is 1.04. The molecule has 0 spiro atoms. The lowest BCUT2D eigenvalue weighted by molar-refractivity contribution is 0.180. The minimum atomic E-state index is 0.0417. The van der Waals surface area contributed by atoms with Gasteiger partial charge in [-0.3, -0.25) is 4.90 Å². The SMILES string of the molecule is CCOc1c(C(CCO)N2CCCC2)cc(C)cc1C(C)(C)C. The second kappa shape index (κ2) is 7.67. The van der Waals surface area contributed by atoms with E-state index in [9.17, 15) is 5.11 Å². The average Bonchev–Trinajstić information content (AvgIpc) is 2.99. The number of aliphatic hydroxyl groups excluding tert-OH is 1. The topological polar surface area (TPSA) is 32.7 Å². The zero-order valence-electron chi connectivity index (χ0n) is 15.5. The molecule has 130 valence electrons. The third-order valence-electron chi connectivity index (χ3n) is 4.70. The number of aryl methyl sites for hydroxylation is 1. The molecule has 2 rings (SSSR count). The molecule has 0 aliphatic carbocycles. The van der Waals surface area contributed by atoms with E-state index in [2.05, 4.69) is 44.7 Å². The fourth-order valence-corrected chi connectivity index (χ4v) is 3.62. The quantitative estimate of drug-likeness (QED) is 0.852. The number of aliphatic hydroxyl groups is 1. The van der Waals surface area contributed by atoms with Crippen molar-refractivity contribution < 1.29 is 9.84 Å². The summed E-state index contributed by atoms with van der Waals surface area (Å²) < 4.78 is 6.13. The minimum Gasteiger partial charge on any atom is -0.493 e. The van der Waals surface area contributed by atoms with E-state index in [-0.39, 0.29) is 18.1 Å². The van der Waals surface area contributed by atoms with Crippen LogP contribution in [0.1, 0.15) is 69.7 Å². The van der Waals surface area contributed by atoms with Crippen molar-refractivity contribution in [1.29, 1.82) is 0 Å². The van der Waals surface area contributed by atoms with Crippen LogP contribution in [0.2, 0.25) is 0 Å². The van der Waals surface area contributed by atoms with E-state index in [1.807, 2.05) is 6.92 Å². The molecule has 0 amide bonds. The molecule has 23 heavy (non-hydrogen) atoms. The summed E-state index contributed by atoms with van der Waals surface area (Å²) in [7, 11) is 0. The average molecular weight is 319 g/mol. The zero-order valence-corrected chi connectivity index (χ0v) is 15.5. The predicted octanol–water partition coefficient (Wildman–Crippen LogP) is 4.21. The smallest absolute Gasteiger partial charge is 0.127 e. The van der Waals surface area contributed by atoms with Gasteiger partial charge in [0, 0.05) is 23.8 Å². The molecular weight excluding hydrogens is 286 g/mol. The molecule has 1 N–H and O–H groups in total. The molecule has 3 nitrogen and oxygen atoms in total. The van der Waals surface area contributed by atoms with E-state index in [0.717, 1.165) is 25.3 Å². The first-order valence-electron chi connectivity index (χ1n) is 9.01. The first-order valence-corrected chi connectivity index (χ1v) is 9.01. The Kier molecular flexibility index (Phi) is 6.10. The first-order chi connectivity index (χ1) is 10.9. The van der Waals surface area contributed by atoms with Crippen molar-refractivity contribution in [3.63, 3.8) is 0 Å². The maximum Gasteiger partial charge on any atom is 0.127 e. The van der Waals surface area contributed by atoms with Crippen LogP contribution in [-0.2, 0) is 5.41 Å². The van der Waals surface area contributed by atoms with Crippen LogP contribution in [0.25, 0.3) is 0 Å². The van der Waals surface area contributed by atoms with Gasteiger partial charge in [0.1, 0.15) is 5.75 Å². The summed E-state index contributed by atoms with van der Waals surface area (Å²) in [5, 5.41) is 9.61. The molecule has 1 saturated heterocycles. The first kappa shape index (κ1) is 18.3. The Morgan fingerprint density at radius 3 is 2.39 bits per heavy atom. The van der Waals surface area contributed by atoms with Crippen molar-refractivity contribution >= 4 is 0 Å². The van der Waals surface area contributed by atoms with Crippen molar-refractivity contribution in [2.24, 2.45) is 0 Å². The highest BCUT2D eigenvalue weighted by atomic mass is 16.5. The molecule has 1 aromatic carbocycles. The molecule has 1 aliphatic heterocycles. The summed E-state index contributed by atoms with van der Waals surface area (Å²) in [6, 6.07) is 4.78. The Bertz CT molecular complexity index is 513. The Labute approximate surface area is 141 Å². The summed E-state index contributed by atoms with van der Waals surface area (Å²) in [6.45, 7) is 14.1. The van der Waals surface area contributed by atoms with Gasteiger partial charge in [0.15, 0.2) is 0 Å². The molecule has 1 fully saturated rings. The van der Waals surface area contributed by atoms with Crippen LogP contribution in [0, 0.1) is 6.92 Å². The van der Waals surface area contributed by atoms with Gasteiger partial charge in [-0.05, 0) is 51.6 Å². The third-order valence-corrected chi connectivity index (χ3v) is 4.70. The minimum absolute atomic E-state index is 0.0417. The second-order valence-corrected chi connectivity index (χ2v) is 7.69. The number of likely N-dealkylation sites (tertiary alicyclic amines) is 1. The van der Waals surface area contributed by atoms with Gasteiger partial charge in [0.25, 0.3) is 0 Å². The van der Waals surface area contributed by atoms with Crippen LogP contribution in [0.3, 0.4) is 0 Å². The van der Waals surface area contributed by atoms with E-state index >= 15 is 0 Å². The van der Waals surface area contributed by atoms with Crippen molar-refractivity contribution in [1.82, 2.24) is 4.90 Å². The number of nitrogens with zero attached hydrogens (tertiary/aromatic N) is 1. The van der Waals surface area contributed by atoms with E-state index in [1.54, 1.807) is 0 Å². The predicted molar refractivity (Wildman–Crippen MR) is 96.3 cm³/mol. The van der Waals surface area contributed by atoms with Crippen LogP contribution in [0.15, 0.2) is 12.1 Å². The van der Waals surface area contributed by atoms with E-state index in [1.165, 1.54) is 29.5 Å². The lowest BCUT2D eigenvalue weighted by Gasteiger charge is -2.32. The summed E-state index contributed by atoms with van der Waals surface area (Å²) in [6.07, 6.45) is 3.28. The molecule has 3 heteroatoms. The summed E-state index contributed by atoms with van der Waals surface area (Å²) in [5.41, 5.74) is 3.85. The van der Waals surface area contributed by atoms with Crippen molar-refractivity contribution in [2.45, 2.75) is 65.3 Å². The maximum absolute atomic E-state index is 9.61. The number of ether oxygens (including phenoxy) is 1. The van der Waals surface area contributed by atoms with Gasteiger partial charge in [0.2, 0.25) is 0 Å². The second-order valence-electron chi connectivity index (χ2n) is 7.69. The fourth-order valence-electron chi connectivity index (χ4n) is 3.62. The Balaban J connectivity index is 2.54. The molecule has 1 atom stereocenters.